The van der Waals surface area contributed by atoms with Crippen LogP contribution in [0.2, 0.25) is 0 Å². The summed E-state index contributed by atoms with van der Waals surface area (Å²) in [7, 11) is 1.62. The third-order valence-electron chi connectivity index (χ3n) is 7.01. The van der Waals surface area contributed by atoms with Gasteiger partial charge in [-0.25, -0.2) is 8.78 Å². The standard InChI is InChI=1S/C22H28F2N2O3/c1-29-15-22(6-2-7-22)20(28)26-11-9-21(14-26)8-3-10-25(19(21)27)13-16-4-5-17(23)18(24)12-16/h4-5,12H,2-3,6-11,13-15H2,1H3. The first kappa shape index (κ1) is 20.3. The molecule has 1 spiro atoms. The molecule has 5 nitrogen and oxygen atoms in total. The van der Waals surface area contributed by atoms with Crippen molar-refractivity contribution in [3.63, 3.8) is 0 Å². The molecular formula is C22H28F2N2O3. The van der Waals surface area contributed by atoms with Gasteiger partial charge in [0, 0.05) is 33.3 Å². The minimum Gasteiger partial charge on any atom is -0.384 e. The van der Waals surface area contributed by atoms with Crippen LogP contribution in [0.1, 0.15) is 44.1 Å². The molecule has 2 heterocycles. The smallest absolute Gasteiger partial charge is 0.231 e. The van der Waals surface area contributed by atoms with Crippen molar-refractivity contribution >= 4 is 11.8 Å². The van der Waals surface area contributed by atoms with E-state index in [1.165, 1.54) is 6.07 Å². The number of methoxy groups -OCH3 is 1. The van der Waals surface area contributed by atoms with Crippen LogP contribution in [0, 0.1) is 22.5 Å². The lowest BCUT2D eigenvalue weighted by Gasteiger charge is -2.43. The predicted octanol–water partition coefficient (Wildman–Crippen LogP) is 3.12. The molecule has 1 aromatic carbocycles. The lowest BCUT2D eigenvalue weighted by Crippen LogP contribution is -2.53. The fraction of sp³-hybridized carbons (Fsp3) is 0.636. The van der Waals surface area contributed by atoms with Gasteiger partial charge in [0.1, 0.15) is 0 Å². The zero-order valence-corrected chi connectivity index (χ0v) is 16.9. The zero-order chi connectivity index (χ0) is 20.6. The van der Waals surface area contributed by atoms with Crippen LogP contribution in [0.5, 0.6) is 0 Å². The van der Waals surface area contributed by atoms with Gasteiger partial charge in [0.05, 0.1) is 17.4 Å². The first-order chi connectivity index (χ1) is 13.9. The van der Waals surface area contributed by atoms with Crippen molar-refractivity contribution < 1.29 is 23.1 Å². The van der Waals surface area contributed by atoms with E-state index in [0.29, 0.717) is 38.2 Å². The number of carbonyl (C=O) groups is 2. The Morgan fingerprint density at radius 1 is 1.10 bits per heavy atom. The molecular weight excluding hydrogens is 378 g/mol. The molecule has 29 heavy (non-hydrogen) atoms. The van der Waals surface area contributed by atoms with E-state index < -0.39 is 22.5 Å². The number of carbonyl (C=O) groups excluding carboxylic acids is 2. The van der Waals surface area contributed by atoms with E-state index in [1.807, 2.05) is 4.90 Å². The van der Waals surface area contributed by atoms with Gasteiger partial charge in [0.2, 0.25) is 11.8 Å². The van der Waals surface area contributed by atoms with Gasteiger partial charge in [-0.1, -0.05) is 12.5 Å². The Labute approximate surface area is 170 Å². The molecule has 1 atom stereocenters. The molecule has 0 bridgehead atoms. The van der Waals surface area contributed by atoms with Gasteiger partial charge in [-0.3, -0.25) is 9.59 Å². The van der Waals surface area contributed by atoms with E-state index >= 15 is 0 Å². The number of hydrogen-bond acceptors (Lipinski definition) is 3. The molecule has 158 valence electrons. The Balaban J connectivity index is 1.46. The van der Waals surface area contributed by atoms with E-state index in [-0.39, 0.29) is 18.4 Å². The van der Waals surface area contributed by atoms with Crippen LogP contribution in [0.15, 0.2) is 18.2 Å². The molecule has 1 unspecified atom stereocenters. The maximum Gasteiger partial charge on any atom is 0.231 e. The zero-order valence-electron chi connectivity index (χ0n) is 16.9. The van der Waals surface area contributed by atoms with E-state index in [0.717, 1.165) is 44.2 Å². The summed E-state index contributed by atoms with van der Waals surface area (Å²) < 4.78 is 32.1. The molecule has 7 heteroatoms. The Morgan fingerprint density at radius 2 is 1.90 bits per heavy atom. The molecule has 1 aromatic rings. The van der Waals surface area contributed by atoms with Gasteiger partial charge in [-0.15, -0.1) is 0 Å². The van der Waals surface area contributed by atoms with Gasteiger partial charge in [-0.2, -0.15) is 0 Å². The average molecular weight is 406 g/mol. The van der Waals surface area contributed by atoms with E-state index in [1.54, 1.807) is 12.0 Å². The maximum absolute atomic E-state index is 13.5. The van der Waals surface area contributed by atoms with Crippen molar-refractivity contribution in [2.75, 3.05) is 33.4 Å². The van der Waals surface area contributed by atoms with Gasteiger partial charge in [0.25, 0.3) is 0 Å². The van der Waals surface area contributed by atoms with Crippen LogP contribution in [-0.4, -0.2) is 55.0 Å². The molecule has 1 aliphatic carbocycles. The fourth-order valence-corrected chi connectivity index (χ4v) is 5.22. The third-order valence-corrected chi connectivity index (χ3v) is 7.01. The second-order valence-corrected chi connectivity index (χ2v) is 8.90. The monoisotopic (exact) mass is 406 g/mol. The first-order valence-corrected chi connectivity index (χ1v) is 10.4. The minimum atomic E-state index is -0.900. The fourth-order valence-electron chi connectivity index (χ4n) is 5.22. The molecule has 0 N–H and O–H groups in total. The number of amides is 2. The highest BCUT2D eigenvalue weighted by Gasteiger charge is 2.53. The normalized spacial score (nSPS) is 26.1. The molecule has 1 saturated carbocycles. The molecule has 2 aliphatic heterocycles. The summed E-state index contributed by atoms with van der Waals surface area (Å²) in [5, 5.41) is 0. The quantitative estimate of drug-likeness (QED) is 0.755. The number of piperidine rings is 1. The van der Waals surface area contributed by atoms with Gasteiger partial charge >= 0.3 is 0 Å². The van der Waals surface area contributed by atoms with Crippen molar-refractivity contribution in [1.82, 2.24) is 9.80 Å². The number of rotatable bonds is 5. The molecule has 2 saturated heterocycles. The third kappa shape index (κ3) is 3.54. The van der Waals surface area contributed by atoms with Crippen LogP contribution in [0.4, 0.5) is 8.78 Å². The second kappa shape index (κ2) is 7.67. The van der Waals surface area contributed by atoms with Crippen LogP contribution in [0.25, 0.3) is 0 Å². The molecule has 0 aromatic heterocycles. The summed E-state index contributed by atoms with van der Waals surface area (Å²) in [5.74, 6) is -1.64. The molecule has 3 aliphatic rings. The number of benzene rings is 1. The van der Waals surface area contributed by atoms with Crippen molar-refractivity contribution in [2.45, 2.75) is 45.1 Å². The number of hydrogen-bond donors (Lipinski definition) is 0. The highest BCUT2D eigenvalue weighted by Crippen LogP contribution is 2.46. The topological polar surface area (TPSA) is 49.9 Å². The number of nitrogens with zero attached hydrogens (tertiary/aromatic N) is 2. The van der Waals surface area contributed by atoms with Gasteiger partial charge < -0.3 is 14.5 Å². The Kier molecular flexibility index (Phi) is 5.36. The van der Waals surface area contributed by atoms with Crippen molar-refractivity contribution in [2.24, 2.45) is 10.8 Å². The Hall–Kier alpha value is -2.02. The summed E-state index contributed by atoms with van der Waals surface area (Å²) in [5.41, 5.74) is -0.387. The Bertz CT molecular complexity index is 811. The van der Waals surface area contributed by atoms with E-state index in [2.05, 4.69) is 0 Å². The van der Waals surface area contributed by atoms with E-state index in [4.69, 9.17) is 4.74 Å². The summed E-state index contributed by atoms with van der Waals surface area (Å²) in [6.07, 6.45) is 5.00. The number of likely N-dealkylation sites (tertiary alicyclic amines) is 2. The second-order valence-electron chi connectivity index (χ2n) is 8.90. The van der Waals surface area contributed by atoms with Crippen LogP contribution in [0.3, 0.4) is 0 Å². The average Bonchev–Trinajstić information content (AvgIpc) is 3.10. The SMILES string of the molecule is COCC1(C(=O)N2CCC3(CCCN(Cc4ccc(F)c(F)c4)C3=O)C2)CCC1. The summed E-state index contributed by atoms with van der Waals surface area (Å²) in [6.45, 7) is 2.34. The highest BCUT2D eigenvalue weighted by molar-refractivity contribution is 5.88. The molecule has 4 rings (SSSR count). The largest absolute Gasteiger partial charge is 0.384 e. The number of ether oxygens (including phenoxy) is 1. The first-order valence-electron chi connectivity index (χ1n) is 10.4. The van der Waals surface area contributed by atoms with Gasteiger partial charge in [0.15, 0.2) is 11.6 Å². The van der Waals surface area contributed by atoms with Crippen LogP contribution < -0.4 is 0 Å². The van der Waals surface area contributed by atoms with Crippen molar-refractivity contribution in [1.29, 1.82) is 0 Å². The van der Waals surface area contributed by atoms with Crippen molar-refractivity contribution in [3.05, 3.63) is 35.4 Å². The predicted molar refractivity (Wildman–Crippen MR) is 103 cm³/mol. The van der Waals surface area contributed by atoms with Crippen molar-refractivity contribution in [3.8, 4) is 0 Å². The Morgan fingerprint density at radius 3 is 2.55 bits per heavy atom. The molecule has 0 radical (unpaired) electrons. The van der Waals surface area contributed by atoms with Gasteiger partial charge in [-0.05, 0) is 49.8 Å². The van der Waals surface area contributed by atoms with Crippen LogP contribution >= 0.6 is 0 Å². The summed E-state index contributed by atoms with van der Waals surface area (Å²) in [6, 6.07) is 3.76. The lowest BCUT2D eigenvalue weighted by atomic mass is 9.68. The highest BCUT2D eigenvalue weighted by atomic mass is 19.2. The van der Waals surface area contributed by atoms with Crippen LogP contribution in [-0.2, 0) is 20.9 Å². The lowest BCUT2D eigenvalue weighted by molar-refractivity contribution is -0.153. The summed E-state index contributed by atoms with van der Waals surface area (Å²) >= 11 is 0. The van der Waals surface area contributed by atoms with E-state index in [9.17, 15) is 18.4 Å². The molecule has 2 amide bonds. The molecule has 3 fully saturated rings. The maximum atomic E-state index is 13.5. The summed E-state index contributed by atoms with van der Waals surface area (Å²) in [4.78, 5) is 30.1. The minimum absolute atomic E-state index is 0.0261. The number of halogens is 2.